The van der Waals surface area contributed by atoms with Gasteiger partial charge < -0.3 is 5.32 Å². The number of rotatable bonds is 4. The number of para-hydroxylation sites is 1. The smallest absolute Gasteiger partial charge is 0.254 e. The quantitative estimate of drug-likeness (QED) is 0.863. The summed E-state index contributed by atoms with van der Waals surface area (Å²) in [4.78, 5) is 29.1. The zero-order chi connectivity index (χ0) is 17.3. The van der Waals surface area contributed by atoms with Crippen LogP contribution in [0.25, 0.3) is 0 Å². The molecule has 0 bridgehead atoms. The van der Waals surface area contributed by atoms with Crippen molar-refractivity contribution in [3.63, 3.8) is 0 Å². The summed E-state index contributed by atoms with van der Waals surface area (Å²) in [5, 5.41) is 3.21. The van der Waals surface area contributed by atoms with Gasteiger partial charge in [-0.25, -0.2) is 9.37 Å². The normalized spacial score (nSPS) is 16.2. The van der Waals surface area contributed by atoms with Crippen LogP contribution in [0, 0.1) is 5.82 Å². The summed E-state index contributed by atoms with van der Waals surface area (Å²) in [5.74, 6) is -0.0208. The van der Waals surface area contributed by atoms with Crippen molar-refractivity contribution in [2.75, 3.05) is 11.1 Å². The number of fused-ring (bicyclic) bond motifs is 1. The maximum atomic E-state index is 13.6. The van der Waals surface area contributed by atoms with Crippen molar-refractivity contribution >= 4 is 23.4 Å². The lowest BCUT2D eigenvalue weighted by atomic mass is 10.1. The van der Waals surface area contributed by atoms with Crippen LogP contribution < -0.4 is 10.9 Å². The third kappa shape index (κ3) is 3.36. The van der Waals surface area contributed by atoms with Crippen LogP contribution in [0.1, 0.15) is 37.9 Å². The van der Waals surface area contributed by atoms with E-state index >= 15 is 0 Å². The minimum absolute atomic E-state index is 0.108. The predicted molar refractivity (Wildman–Crippen MR) is 92.0 cm³/mol. The van der Waals surface area contributed by atoms with Crippen molar-refractivity contribution in [2.45, 2.75) is 37.4 Å². The maximum Gasteiger partial charge on any atom is 0.254 e. The van der Waals surface area contributed by atoms with Crippen molar-refractivity contribution in [2.24, 2.45) is 0 Å². The minimum atomic E-state index is -0.479. The molecule has 2 heterocycles. The SMILES string of the molecule is CC(C)c1cc(=O)n2c(n1)SCC2CC(=O)Nc1ccccc1F. The monoisotopic (exact) mass is 347 g/mol. The lowest BCUT2D eigenvalue weighted by molar-refractivity contribution is -0.116. The van der Waals surface area contributed by atoms with E-state index in [-0.39, 0.29) is 35.5 Å². The summed E-state index contributed by atoms with van der Waals surface area (Å²) in [7, 11) is 0. The molecular weight excluding hydrogens is 329 g/mol. The number of nitrogens with one attached hydrogen (secondary N) is 1. The van der Waals surface area contributed by atoms with E-state index in [1.807, 2.05) is 13.8 Å². The molecule has 1 aromatic heterocycles. The standard InChI is InChI=1S/C17H18FN3O2S/c1-10(2)14-8-16(23)21-11(9-24-17(21)20-14)7-15(22)19-13-6-4-3-5-12(13)18/h3-6,8,10-11H,7,9H2,1-2H3,(H,19,22). The molecule has 126 valence electrons. The van der Waals surface area contributed by atoms with Crippen molar-refractivity contribution < 1.29 is 9.18 Å². The van der Waals surface area contributed by atoms with Gasteiger partial charge in [-0.1, -0.05) is 37.7 Å². The van der Waals surface area contributed by atoms with E-state index in [2.05, 4.69) is 10.3 Å². The van der Waals surface area contributed by atoms with Gasteiger partial charge in [0.2, 0.25) is 5.91 Å². The summed E-state index contributed by atoms with van der Waals surface area (Å²) >= 11 is 1.47. The first-order valence-corrected chi connectivity index (χ1v) is 8.75. The second-order valence-electron chi connectivity index (χ2n) is 6.02. The first-order chi connectivity index (χ1) is 11.5. The Labute approximate surface area is 143 Å². The Kier molecular flexibility index (Phi) is 4.71. The van der Waals surface area contributed by atoms with Crippen molar-refractivity contribution in [1.29, 1.82) is 0 Å². The Morgan fingerprint density at radius 2 is 2.21 bits per heavy atom. The van der Waals surface area contributed by atoms with Gasteiger partial charge in [0.15, 0.2) is 5.16 Å². The number of hydrogen-bond acceptors (Lipinski definition) is 4. The molecule has 3 rings (SSSR count). The van der Waals surface area contributed by atoms with Crippen LogP contribution in [0.15, 0.2) is 40.3 Å². The zero-order valence-electron chi connectivity index (χ0n) is 13.5. The highest BCUT2D eigenvalue weighted by Gasteiger charge is 2.28. The lowest BCUT2D eigenvalue weighted by Crippen LogP contribution is -2.28. The van der Waals surface area contributed by atoms with E-state index in [1.54, 1.807) is 16.7 Å². The number of halogens is 1. The third-order valence-corrected chi connectivity index (χ3v) is 4.97. The number of carbonyl (C=O) groups is 1. The molecule has 5 nitrogen and oxygen atoms in total. The minimum Gasteiger partial charge on any atom is -0.324 e. The molecular formula is C17H18FN3O2S. The second kappa shape index (κ2) is 6.76. The Morgan fingerprint density at radius 3 is 2.92 bits per heavy atom. The van der Waals surface area contributed by atoms with Gasteiger partial charge in [-0.15, -0.1) is 0 Å². The summed E-state index contributed by atoms with van der Waals surface area (Å²) in [5.41, 5.74) is 0.765. The fraction of sp³-hybridized carbons (Fsp3) is 0.353. The van der Waals surface area contributed by atoms with Crippen molar-refractivity contribution in [1.82, 2.24) is 9.55 Å². The zero-order valence-corrected chi connectivity index (χ0v) is 14.3. The maximum absolute atomic E-state index is 13.6. The summed E-state index contributed by atoms with van der Waals surface area (Å²) in [6, 6.07) is 7.28. The van der Waals surface area contributed by atoms with E-state index in [4.69, 9.17) is 0 Å². The summed E-state index contributed by atoms with van der Waals surface area (Å²) < 4.78 is 15.2. The molecule has 0 spiro atoms. The van der Waals surface area contributed by atoms with Crippen LogP contribution in [0.5, 0.6) is 0 Å². The number of amides is 1. The van der Waals surface area contributed by atoms with Gasteiger partial charge in [0.25, 0.3) is 5.56 Å². The summed E-state index contributed by atoms with van der Waals surface area (Å²) in [6.45, 7) is 3.97. The molecule has 24 heavy (non-hydrogen) atoms. The molecule has 1 aromatic carbocycles. The fourth-order valence-corrected chi connectivity index (χ4v) is 3.75. The average Bonchev–Trinajstić information content (AvgIpc) is 2.93. The van der Waals surface area contributed by atoms with Gasteiger partial charge in [0, 0.05) is 18.2 Å². The molecule has 0 radical (unpaired) electrons. The van der Waals surface area contributed by atoms with Crippen molar-refractivity contribution in [3.8, 4) is 0 Å². The molecule has 1 N–H and O–H groups in total. The molecule has 1 aliphatic rings. The van der Waals surface area contributed by atoms with E-state index < -0.39 is 5.82 Å². The molecule has 0 saturated heterocycles. The topological polar surface area (TPSA) is 64.0 Å². The van der Waals surface area contributed by atoms with E-state index in [0.29, 0.717) is 10.9 Å². The Hall–Kier alpha value is -2.15. The highest BCUT2D eigenvalue weighted by Crippen LogP contribution is 2.33. The van der Waals surface area contributed by atoms with E-state index in [9.17, 15) is 14.0 Å². The number of anilines is 1. The van der Waals surface area contributed by atoms with Crippen LogP contribution in [0.4, 0.5) is 10.1 Å². The fourth-order valence-electron chi connectivity index (χ4n) is 2.59. The average molecular weight is 347 g/mol. The van der Waals surface area contributed by atoms with Crippen LogP contribution >= 0.6 is 11.8 Å². The Morgan fingerprint density at radius 1 is 1.46 bits per heavy atom. The highest BCUT2D eigenvalue weighted by molar-refractivity contribution is 7.99. The van der Waals surface area contributed by atoms with Crippen LogP contribution in [-0.4, -0.2) is 21.2 Å². The van der Waals surface area contributed by atoms with E-state index in [1.165, 1.54) is 30.0 Å². The molecule has 1 unspecified atom stereocenters. The number of nitrogens with zero attached hydrogens (tertiary/aromatic N) is 2. The largest absolute Gasteiger partial charge is 0.324 e. The Balaban J connectivity index is 1.76. The van der Waals surface area contributed by atoms with Crippen LogP contribution in [0.2, 0.25) is 0 Å². The third-order valence-electron chi connectivity index (χ3n) is 3.87. The van der Waals surface area contributed by atoms with Gasteiger partial charge in [-0.2, -0.15) is 0 Å². The molecule has 0 fully saturated rings. The van der Waals surface area contributed by atoms with Gasteiger partial charge in [-0.3, -0.25) is 14.2 Å². The van der Waals surface area contributed by atoms with Crippen molar-refractivity contribution in [3.05, 3.63) is 52.2 Å². The van der Waals surface area contributed by atoms with E-state index in [0.717, 1.165) is 5.69 Å². The van der Waals surface area contributed by atoms with Gasteiger partial charge in [0.05, 0.1) is 17.4 Å². The van der Waals surface area contributed by atoms with Crippen LogP contribution in [0.3, 0.4) is 0 Å². The Bertz CT molecular complexity index is 835. The molecule has 1 atom stereocenters. The highest BCUT2D eigenvalue weighted by atomic mass is 32.2. The molecule has 1 amide bonds. The predicted octanol–water partition coefficient (Wildman–Crippen LogP) is 3.18. The molecule has 7 heteroatoms. The number of hydrogen-bond donors (Lipinski definition) is 1. The molecule has 2 aromatic rings. The molecule has 0 aliphatic carbocycles. The first-order valence-electron chi connectivity index (χ1n) is 7.76. The number of thioether (sulfide) groups is 1. The molecule has 1 aliphatic heterocycles. The van der Waals surface area contributed by atoms with Gasteiger partial charge in [0.1, 0.15) is 5.82 Å². The first kappa shape index (κ1) is 16.7. The number of carbonyl (C=O) groups excluding carboxylic acids is 1. The number of aromatic nitrogens is 2. The second-order valence-corrected chi connectivity index (χ2v) is 7.01. The molecule has 0 saturated carbocycles. The number of benzene rings is 1. The van der Waals surface area contributed by atoms with Gasteiger partial charge >= 0.3 is 0 Å². The van der Waals surface area contributed by atoms with Crippen LogP contribution in [-0.2, 0) is 4.79 Å². The lowest BCUT2D eigenvalue weighted by Gasteiger charge is -2.14. The summed E-state index contributed by atoms with van der Waals surface area (Å²) in [6.07, 6.45) is 0.108. The van der Waals surface area contributed by atoms with Gasteiger partial charge in [-0.05, 0) is 18.1 Å².